The van der Waals surface area contributed by atoms with Gasteiger partial charge in [0.15, 0.2) is 0 Å². The molecule has 1 N–H and O–H groups in total. The highest BCUT2D eigenvalue weighted by atomic mass is 16.5. The Balaban J connectivity index is 2.14. The van der Waals surface area contributed by atoms with Crippen molar-refractivity contribution in [3.05, 3.63) is 59.7 Å². The van der Waals surface area contributed by atoms with E-state index in [0.717, 1.165) is 11.3 Å². The number of ether oxygens (including phenoxy) is 1. The van der Waals surface area contributed by atoms with Gasteiger partial charge in [-0.3, -0.25) is 4.79 Å². The fraction of sp³-hybridized carbons (Fsp3) is 0.238. The molecular formula is C21H23N3O2. The monoisotopic (exact) mass is 349 g/mol. The first-order valence-electron chi connectivity index (χ1n) is 8.36. The number of carbonyl (C=O) groups excluding carboxylic acids is 1. The molecule has 0 aliphatic heterocycles. The van der Waals surface area contributed by atoms with Crippen LogP contribution in [0.4, 0.5) is 11.4 Å². The molecule has 0 aliphatic carbocycles. The number of nitriles is 1. The Labute approximate surface area is 154 Å². The summed E-state index contributed by atoms with van der Waals surface area (Å²) in [5.74, 6) is 0.213. The largest absolute Gasteiger partial charge is 0.491 e. The van der Waals surface area contributed by atoms with Crippen LogP contribution in [0.1, 0.15) is 19.4 Å². The highest BCUT2D eigenvalue weighted by Crippen LogP contribution is 2.20. The van der Waals surface area contributed by atoms with Crippen molar-refractivity contribution in [2.75, 3.05) is 24.3 Å². The van der Waals surface area contributed by atoms with Gasteiger partial charge in [0.25, 0.3) is 5.91 Å². The maximum atomic E-state index is 12.4. The van der Waals surface area contributed by atoms with Crippen molar-refractivity contribution in [3.63, 3.8) is 0 Å². The lowest BCUT2D eigenvalue weighted by Crippen LogP contribution is -2.14. The predicted octanol–water partition coefficient (Wildman–Crippen LogP) is 4.09. The van der Waals surface area contributed by atoms with E-state index in [2.05, 4.69) is 5.32 Å². The van der Waals surface area contributed by atoms with Crippen LogP contribution in [0.15, 0.2) is 54.1 Å². The van der Waals surface area contributed by atoms with Crippen LogP contribution in [-0.4, -0.2) is 26.1 Å². The SMILES string of the molecule is CC(C)Oc1cccc(NC(=O)/C(C#N)=C\c2ccc(N(C)C)cc2)c1. The third-order valence-electron chi connectivity index (χ3n) is 3.55. The van der Waals surface area contributed by atoms with Gasteiger partial charge in [0.05, 0.1) is 6.10 Å². The Morgan fingerprint density at radius 3 is 2.46 bits per heavy atom. The lowest BCUT2D eigenvalue weighted by atomic mass is 10.1. The van der Waals surface area contributed by atoms with E-state index in [4.69, 9.17) is 4.74 Å². The molecule has 0 fully saturated rings. The highest BCUT2D eigenvalue weighted by Gasteiger charge is 2.10. The molecular weight excluding hydrogens is 326 g/mol. The van der Waals surface area contributed by atoms with Crippen LogP contribution in [-0.2, 0) is 4.79 Å². The molecule has 2 aromatic rings. The maximum Gasteiger partial charge on any atom is 0.266 e. The van der Waals surface area contributed by atoms with Gasteiger partial charge >= 0.3 is 0 Å². The Kier molecular flexibility index (Phi) is 6.40. The Morgan fingerprint density at radius 2 is 1.88 bits per heavy atom. The summed E-state index contributed by atoms with van der Waals surface area (Å²) >= 11 is 0. The van der Waals surface area contributed by atoms with Crippen molar-refractivity contribution >= 4 is 23.4 Å². The number of benzene rings is 2. The van der Waals surface area contributed by atoms with Crippen LogP contribution in [0.5, 0.6) is 5.75 Å². The maximum absolute atomic E-state index is 12.4. The number of hydrogen-bond acceptors (Lipinski definition) is 4. The van der Waals surface area contributed by atoms with Gasteiger partial charge in [-0.1, -0.05) is 18.2 Å². The summed E-state index contributed by atoms with van der Waals surface area (Å²) in [5.41, 5.74) is 2.46. The number of hydrogen-bond donors (Lipinski definition) is 1. The van der Waals surface area contributed by atoms with E-state index in [9.17, 15) is 10.1 Å². The van der Waals surface area contributed by atoms with Gasteiger partial charge in [-0.15, -0.1) is 0 Å². The lowest BCUT2D eigenvalue weighted by molar-refractivity contribution is -0.112. The second-order valence-electron chi connectivity index (χ2n) is 6.30. The first-order valence-corrected chi connectivity index (χ1v) is 8.36. The zero-order valence-corrected chi connectivity index (χ0v) is 15.5. The molecule has 0 bridgehead atoms. The van der Waals surface area contributed by atoms with Crippen molar-refractivity contribution in [3.8, 4) is 11.8 Å². The summed E-state index contributed by atoms with van der Waals surface area (Å²) in [6, 6.07) is 16.7. The average Bonchev–Trinajstić information content (AvgIpc) is 2.59. The summed E-state index contributed by atoms with van der Waals surface area (Å²) < 4.78 is 5.61. The fourth-order valence-corrected chi connectivity index (χ4v) is 2.30. The molecule has 5 heteroatoms. The van der Waals surface area contributed by atoms with E-state index in [-0.39, 0.29) is 11.7 Å². The molecule has 2 rings (SSSR count). The molecule has 2 aromatic carbocycles. The third-order valence-corrected chi connectivity index (χ3v) is 3.55. The zero-order chi connectivity index (χ0) is 19.1. The molecule has 0 heterocycles. The average molecular weight is 349 g/mol. The molecule has 0 saturated carbocycles. The van der Waals surface area contributed by atoms with E-state index in [1.54, 1.807) is 24.3 Å². The van der Waals surface area contributed by atoms with Gasteiger partial charge < -0.3 is 15.0 Å². The van der Waals surface area contributed by atoms with Crippen LogP contribution in [0.2, 0.25) is 0 Å². The van der Waals surface area contributed by atoms with Crippen LogP contribution in [0.3, 0.4) is 0 Å². The van der Waals surface area contributed by atoms with Gasteiger partial charge in [-0.05, 0) is 49.8 Å². The van der Waals surface area contributed by atoms with Crippen LogP contribution < -0.4 is 15.0 Å². The van der Waals surface area contributed by atoms with Crippen molar-refractivity contribution in [1.29, 1.82) is 5.26 Å². The minimum atomic E-state index is -0.453. The normalized spacial score (nSPS) is 11.0. The standard InChI is InChI=1S/C21H23N3O2/c1-15(2)26-20-7-5-6-18(13-20)23-21(25)17(14-22)12-16-8-10-19(11-9-16)24(3)4/h5-13,15H,1-4H3,(H,23,25)/b17-12-. The van der Waals surface area contributed by atoms with E-state index in [0.29, 0.717) is 11.4 Å². The third kappa shape index (κ3) is 5.38. The van der Waals surface area contributed by atoms with E-state index in [1.807, 2.05) is 69.2 Å². The molecule has 0 atom stereocenters. The molecule has 5 nitrogen and oxygen atoms in total. The van der Waals surface area contributed by atoms with Crippen molar-refractivity contribution in [2.45, 2.75) is 20.0 Å². The summed E-state index contributed by atoms with van der Waals surface area (Å²) in [5, 5.41) is 12.1. The van der Waals surface area contributed by atoms with E-state index >= 15 is 0 Å². The van der Waals surface area contributed by atoms with Crippen LogP contribution in [0, 0.1) is 11.3 Å². The molecule has 0 aromatic heterocycles. The molecule has 134 valence electrons. The van der Waals surface area contributed by atoms with E-state index in [1.165, 1.54) is 0 Å². The molecule has 0 spiro atoms. The molecule has 1 amide bonds. The van der Waals surface area contributed by atoms with Crippen molar-refractivity contribution < 1.29 is 9.53 Å². The second-order valence-corrected chi connectivity index (χ2v) is 6.30. The quantitative estimate of drug-likeness (QED) is 0.630. The summed E-state index contributed by atoms with van der Waals surface area (Å²) in [7, 11) is 3.91. The molecule has 0 saturated heterocycles. The minimum Gasteiger partial charge on any atom is -0.491 e. The Hall–Kier alpha value is -3.26. The first kappa shape index (κ1) is 19.1. The fourth-order valence-electron chi connectivity index (χ4n) is 2.30. The molecule has 0 radical (unpaired) electrons. The summed E-state index contributed by atoms with van der Waals surface area (Å²) in [6.45, 7) is 3.87. The van der Waals surface area contributed by atoms with Crippen LogP contribution in [0.25, 0.3) is 6.08 Å². The number of nitrogens with one attached hydrogen (secondary N) is 1. The second kappa shape index (κ2) is 8.72. The highest BCUT2D eigenvalue weighted by molar-refractivity contribution is 6.09. The topological polar surface area (TPSA) is 65.4 Å². The van der Waals surface area contributed by atoms with Gasteiger partial charge in [0.2, 0.25) is 0 Å². The smallest absolute Gasteiger partial charge is 0.266 e. The number of nitrogens with zero attached hydrogens (tertiary/aromatic N) is 2. The Morgan fingerprint density at radius 1 is 1.19 bits per heavy atom. The predicted molar refractivity (Wildman–Crippen MR) is 105 cm³/mol. The lowest BCUT2D eigenvalue weighted by Gasteiger charge is -2.12. The summed E-state index contributed by atoms with van der Waals surface area (Å²) in [6.07, 6.45) is 1.61. The van der Waals surface area contributed by atoms with Gasteiger partial charge in [0.1, 0.15) is 17.4 Å². The van der Waals surface area contributed by atoms with Crippen molar-refractivity contribution in [1.82, 2.24) is 0 Å². The van der Waals surface area contributed by atoms with Crippen molar-refractivity contribution in [2.24, 2.45) is 0 Å². The Bertz CT molecular complexity index is 831. The summed E-state index contributed by atoms with van der Waals surface area (Å²) in [4.78, 5) is 14.4. The number of anilines is 2. The number of carbonyl (C=O) groups is 1. The van der Waals surface area contributed by atoms with E-state index < -0.39 is 5.91 Å². The first-order chi connectivity index (χ1) is 12.4. The number of rotatable bonds is 6. The van der Waals surface area contributed by atoms with Gasteiger partial charge in [0, 0.05) is 31.5 Å². The zero-order valence-electron chi connectivity index (χ0n) is 15.5. The number of amides is 1. The molecule has 26 heavy (non-hydrogen) atoms. The minimum absolute atomic E-state index is 0.0396. The van der Waals surface area contributed by atoms with Gasteiger partial charge in [-0.2, -0.15) is 5.26 Å². The van der Waals surface area contributed by atoms with Crippen LogP contribution >= 0.6 is 0 Å². The molecule has 0 aliphatic rings. The van der Waals surface area contributed by atoms with Gasteiger partial charge in [-0.25, -0.2) is 0 Å². The molecule has 0 unspecified atom stereocenters.